The fourth-order valence-electron chi connectivity index (χ4n) is 16.8. The van der Waals surface area contributed by atoms with E-state index in [-0.39, 0.29) is 0 Å². The lowest BCUT2D eigenvalue weighted by Crippen LogP contribution is -2.24. The third kappa shape index (κ3) is 31.4. The minimum Gasteiger partial charge on any atom is -0.0654 e. The maximum Gasteiger partial charge on any atom is -0.0297 e. The first-order valence-electron chi connectivity index (χ1n) is 35.7. The largest absolute Gasteiger partial charge is 0.0654 e. The molecule has 4 rings (SSSR count). The summed E-state index contributed by atoms with van der Waals surface area (Å²) >= 11 is 0. The zero-order valence-corrected chi connectivity index (χ0v) is 52.0. The minimum absolute atomic E-state index is 0.643. The highest BCUT2D eigenvalue weighted by Gasteiger charge is 2.38. The minimum atomic E-state index is 0.643. The topological polar surface area (TPSA) is 0 Å². The van der Waals surface area contributed by atoms with Crippen molar-refractivity contribution in [3.63, 3.8) is 0 Å². The normalized spacial score (nSPS) is 26.3. The Hall–Kier alpha value is 0. The van der Waals surface area contributed by atoms with Crippen LogP contribution in [-0.2, 0) is 0 Å². The zero-order valence-electron chi connectivity index (χ0n) is 52.0. The van der Waals surface area contributed by atoms with Crippen molar-refractivity contribution in [3.05, 3.63) is 0 Å². The summed E-state index contributed by atoms with van der Waals surface area (Å²) in [6.45, 7) is 17.3. The predicted molar refractivity (Wildman–Crippen MR) is 330 cm³/mol. The van der Waals surface area contributed by atoms with Crippen LogP contribution in [0.5, 0.6) is 0 Å². The molecule has 0 radical (unpaired) electrons. The molecule has 4 aliphatic carbocycles. The van der Waals surface area contributed by atoms with Gasteiger partial charge in [0.15, 0.2) is 0 Å². The smallest absolute Gasteiger partial charge is 0.0297 e. The molecule has 0 saturated heterocycles. The highest BCUT2D eigenvalue weighted by molar-refractivity contribution is 4.89. The molecule has 4 fully saturated rings. The number of hydrogen-bond donors (Lipinski definition) is 0. The van der Waals surface area contributed by atoms with Crippen molar-refractivity contribution in [1.29, 1.82) is 0 Å². The van der Waals surface area contributed by atoms with Gasteiger partial charge >= 0.3 is 0 Å². The Balaban J connectivity index is 1.20. The van der Waals surface area contributed by atoms with Gasteiger partial charge in [0.05, 0.1) is 0 Å². The molecule has 4 saturated carbocycles. The molecule has 0 aromatic heterocycles. The molecule has 10 atom stereocenters. The summed E-state index contributed by atoms with van der Waals surface area (Å²) in [7, 11) is 0. The quantitative estimate of drug-likeness (QED) is 0.0421. The van der Waals surface area contributed by atoms with Gasteiger partial charge in [-0.25, -0.2) is 0 Å². The summed E-state index contributed by atoms with van der Waals surface area (Å²) in [5, 5.41) is 0. The first-order chi connectivity index (χ1) is 35.7. The van der Waals surface area contributed by atoms with E-state index in [0.29, 0.717) is 5.41 Å². The van der Waals surface area contributed by atoms with Crippen molar-refractivity contribution in [2.45, 2.75) is 395 Å². The van der Waals surface area contributed by atoms with Crippen LogP contribution in [-0.4, -0.2) is 0 Å². The Labute approximate surface area is 463 Å². The van der Waals surface area contributed by atoms with Gasteiger partial charge in [-0.15, -0.1) is 0 Å². The maximum absolute atomic E-state index is 2.58. The maximum atomic E-state index is 2.58. The number of rotatable bonds is 47. The van der Waals surface area contributed by atoms with E-state index >= 15 is 0 Å². The Bertz CT molecular complexity index is 1210. The number of hydrogen-bond acceptors (Lipinski definition) is 0. The fourth-order valence-corrected chi connectivity index (χ4v) is 16.8. The van der Waals surface area contributed by atoms with Gasteiger partial charge in [0.25, 0.3) is 0 Å². The van der Waals surface area contributed by atoms with Crippen molar-refractivity contribution in [2.24, 2.45) is 70.5 Å². The summed E-state index contributed by atoms with van der Waals surface area (Å²) in [5.74, 6) is 11.3. The van der Waals surface area contributed by atoms with Gasteiger partial charge in [0.1, 0.15) is 0 Å². The standard InChI is InChI=1S/C73H140/c1-8-39-67(59-62(3)4)43-31-23-15-11-19-27-35-56-73(55-34-26-18-10-14-22-30-42-66-46-38-41-63(5)47-49-66,57-36-28-20-12-16-24-32-44-68-51-52-70(40-9-2)65(7)60-68)58-37-29-21-13-17-25-33-45-69-50-48-64(6)72(61-69)71-53-54-71/h62-72H,8-61H2,1-7H3. The molecule has 0 amide bonds. The van der Waals surface area contributed by atoms with Crippen LogP contribution in [0.1, 0.15) is 395 Å². The predicted octanol–water partition coefficient (Wildman–Crippen LogP) is 26.0. The fraction of sp³-hybridized carbons (Fsp3) is 1.00. The lowest BCUT2D eigenvalue weighted by Gasteiger charge is -2.35. The van der Waals surface area contributed by atoms with Crippen molar-refractivity contribution in [3.8, 4) is 0 Å². The van der Waals surface area contributed by atoms with Crippen LogP contribution in [0, 0.1) is 70.5 Å². The lowest BCUT2D eigenvalue weighted by molar-refractivity contribution is 0.162. The second-order valence-electron chi connectivity index (χ2n) is 29.2. The zero-order chi connectivity index (χ0) is 52.0. The Morgan fingerprint density at radius 1 is 0.370 bits per heavy atom. The van der Waals surface area contributed by atoms with E-state index < -0.39 is 0 Å². The molecular weight excluding hydrogens is 877 g/mol. The third-order valence-electron chi connectivity index (χ3n) is 21.9. The van der Waals surface area contributed by atoms with Crippen molar-refractivity contribution < 1.29 is 0 Å². The van der Waals surface area contributed by atoms with E-state index in [2.05, 4.69) is 48.5 Å². The molecule has 0 aromatic carbocycles. The van der Waals surface area contributed by atoms with Gasteiger partial charge in [-0.1, -0.05) is 331 Å². The molecule has 0 spiro atoms. The first-order valence-corrected chi connectivity index (χ1v) is 35.7. The van der Waals surface area contributed by atoms with Crippen LogP contribution in [0.15, 0.2) is 0 Å². The molecular formula is C73H140. The lowest BCUT2D eigenvalue weighted by atomic mass is 9.70. The average Bonchev–Trinajstić information content (AvgIpc) is 4.24. The molecule has 432 valence electrons. The van der Waals surface area contributed by atoms with Crippen LogP contribution in [0.25, 0.3) is 0 Å². The van der Waals surface area contributed by atoms with E-state index in [1.54, 1.807) is 57.8 Å². The van der Waals surface area contributed by atoms with Crippen LogP contribution in [0.4, 0.5) is 0 Å². The van der Waals surface area contributed by atoms with Crippen molar-refractivity contribution in [1.82, 2.24) is 0 Å². The van der Waals surface area contributed by atoms with Gasteiger partial charge in [0, 0.05) is 0 Å². The SMILES string of the molecule is CCCC(CCCCCCCCCC(CCCCCCCCCC1CCCC(C)CC1)(CCCCCCCCCC1CCC(CCC)C(C)C1)CCCCCCCCCC1CCC(C)C(C2CC2)C1)CC(C)C. The van der Waals surface area contributed by atoms with Gasteiger partial charge in [-0.2, -0.15) is 0 Å². The van der Waals surface area contributed by atoms with E-state index in [1.807, 2.05) is 0 Å². The Morgan fingerprint density at radius 3 is 1.30 bits per heavy atom. The highest BCUT2D eigenvalue weighted by Crippen LogP contribution is 2.49. The number of unbranched alkanes of at least 4 members (excludes halogenated alkanes) is 24. The molecule has 0 N–H and O–H groups in total. The molecule has 0 heteroatoms. The van der Waals surface area contributed by atoms with E-state index in [0.717, 1.165) is 65.1 Å². The van der Waals surface area contributed by atoms with Gasteiger partial charge in [-0.05, 0) is 135 Å². The van der Waals surface area contributed by atoms with Gasteiger partial charge < -0.3 is 0 Å². The van der Waals surface area contributed by atoms with Crippen LogP contribution < -0.4 is 0 Å². The molecule has 0 bridgehead atoms. The average molecular weight is 1020 g/mol. The second-order valence-corrected chi connectivity index (χ2v) is 29.2. The highest BCUT2D eigenvalue weighted by atomic mass is 14.4. The van der Waals surface area contributed by atoms with Crippen LogP contribution in [0.3, 0.4) is 0 Å². The molecule has 0 heterocycles. The molecule has 0 aromatic rings. The summed E-state index contributed by atoms with van der Waals surface area (Å²) in [6.07, 6.45) is 81.7. The molecule has 0 nitrogen and oxygen atoms in total. The summed E-state index contributed by atoms with van der Waals surface area (Å²) in [4.78, 5) is 0. The van der Waals surface area contributed by atoms with E-state index in [4.69, 9.17) is 0 Å². The Morgan fingerprint density at radius 2 is 0.822 bits per heavy atom. The van der Waals surface area contributed by atoms with Crippen molar-refractivity contribution in [2.75, 3.05) is 0 Å². The molecule has 4 aliphatic rings. The third-order valence-corrected chi connectivity index (χ3v) is 21.9. The van der Waals surface area contributed by atoms with E-state index in [1.165, 1.54) is 289 Å². The second kappa shape index (κ2) is 42.0. The molecule has 10 unspecified atom stereocenters. The van der Waals surface area contributed by atoms with Gasteiger partial charge in [-0.3, -0.25) is 0 Å². The molecule has 0 aliphatic heterocycles. The van der Waals surface area contributed by atoms with Crippen LogP contribution >= 0.6 is 0 Å². The summed E-state index contributed by atoms with van der Waals surface area (Å²) in [5.41, 5.74) is 0.643. The monoisotopic (exact) mass is 1020 g/mol. The molecule has 73 heavy (non-hydrogen) atoms. The van der Waals surface area contributed by atoms with E-state index in [9.17, 15) is 0 Å². The van der Waals surface area contributed by atoms with Gasteiger partial charge in [0.2, 0.25) is 0 Å². The summed E-state index contributed by atoms with van der Waals surface area (Å²) in [6, 6.07) is 0. The first kappa shape index (κ1) is 65.5. The van der Waals surface area contributed by atoms with Crippen molar-refractivity contribution >= 4 is 0 Å². The van der Waals surface area contributed by atoms with Crippen LogP contribution in [0.2, 0.25) is 0 Å². The summed E-state index contributed by atoms with van der Waals surface area (Å²) < 4.78 is 0. The Kier molecular flexibility index (Phi) is 37.7.